The van der Waals surface area contributed by atoms with E-state index in [1.807, 2.05) is 44.2 Å². The van der Waals surface area contributed by atoms with Crippen LogP contribution in [0.25, 0.3) is 0 Å². The highest BCUT2D eigenvalue weighted by Gasteiger charge is 2.15. The summed E-state index contributed by atoms with van der Waals surface area (Å²) in [4.78, 5) is 2.50. The van der Waals surface area contributed by atoms with Gasteiger partial charge in [-0.2, -0.15) is 18.4 Å². The maximum atomic E-state index is 12.3. The van der Waals surface area contributed by atoms with Crippen LogP contribution in [-0.2, 0) is 10.0 Å². The standard InChI is InChI=1S/C16H17BrN2O2S/c1-12(2)16(13-6-4-3-5-7-13)18-19-22(20,21)15-10-8-14(17)9-11-15/h3-12,19H,1-2H3. The van der Waals surface area contributed by atoms with Crippen molar-refractivity contribution in [1.82, 2.24) is 4.83 Å². The van der Waals surface area contributed by atoms with Crippen LogP contribution >= 0.6 is 15.9 Å². The number of benzene rings is 2. The van der Waals surface area contributed by atoms with E-state index in [0.717, 1.165) is 10.0 Å². The van der Waals surface area contributed by atoms with Crippen LogP contribution in [0.15, 0.2) is 69.1 Å². The Kier molecular flexibility index (Phi) is 5.37. The minimum Gasteiger partial charge on any atom is -0.200 e. The van der Waals surface area contributed by atoms with Gasteiger partial charge in [0.2, 0.25) is 0 Å². The van der Waals surface area contributed by atoms with Crippen LogP contribution in [0.1, 0.15) is 19.4 Å². The van der Waals surface area contributed by atoms with Gasteiger partial charge in [0.15, 0.2) is 0 Å². The lowest BCUT2D eigenvalue weighted by atomic mass is 10.0. The maximum Gasteiger partial charge on any atom is 0.276 e. The van der Waals surface area contributed by atoms with Gasteiger partial charge in [0.05, 0.1) is 10.6 Å². The molecular weight excluding hydrogens is 364 g/mol. The summed E-state index contributed by atoms with van der Waals surface area (Å²) in [6.07, 6.45) is 0. The lowest BCUT2D eigenvalue weighted by Gasteiger charge is -2.11. The number of halogens is 1. The molecule has 22 heavy (non-hydrogen) atoms. The molecule has 1 N–H and O–H groups in total. The monoisotopic (exact) mass is 380 g/mol. The Morgan fingerprint density at radius 3 is 2.18 bits per heavy atom. The summed E-state index contributed by atoms with van der Waals surface area (Å²) in [5.41, 5.74) is 1.59. The first kappa shape index (κ1) is 16.7. The van der Waals surface area contributed by atoms with E-state index in [-0.39, 0.29) is 10.8 Å². The van der Waals surface area contributed by atoms with Crippen molar-refractivity contribution in [1.29, 1.82) is 0 Å². The second-order valence-corrected chi connectivity index (χ2v) is 7.64. The van der Waals surface area contributed by atoms with Crippen LogP contribution in [0.5, 0.6) is 0 Å². The van der Waals surface area contributed by atoms with E-state index in [4.69, 9.17) is 0 Å². The van der Waals surface area contributed by atoms with Crippen LogP contribution in [0, 0.1) is 5.92 Å². The highest BCUT2D eigenvalue weighted by atomic mass is 79.9. The molecule has 0 aliphatic rings. The average molecular weight is 381 g/mol. The summed E-state index contributed by atoms with van der Waals surface area (Å²) >= 11 is 3.28. The molecular formula is C16H17BrN2O2S. The molecule has 0 bridgehead atoms. The fourth-order valence-electron chi connectivity index (χ4n) is 1.91. The quantitative estimate of drug-likeness (QED) is 0.633. The molecule has 0 amide bonds. The summed E-state index contributed by atoms with van der Waals surface area (Å²) in [5, 5.41) is 4.13. The number of sulfonamides is 1. The molecule has 2 rings (SSSR count). The molecule has 0 saturated heterocycles. The topological polar surface area (TPSA) is 58.5 Å². The van der Waals surface area contributed by atoms with Gasteiger partial charge in [0.25, 0.3) is 10.0 Å². The molecule has 2 aromatic carbocycles. The van der Waals surface area contributed by atoms with Gasteiger partial charge in [0, 0.05) is 4.47 Å². The Balaban J connectivity index is 2.29. The second kappa shape index (κ2) is 7.07. The molecule has 0 aliphatic heterocycles. The molecule has 0 fully saturated rings. The van der Waals surface area contributed by atoms with Gasteiger partial charge in [-0.05, 0) is 35.7 Å². The lowest BCUT2D eigenvalue weighted by Crippen LogP contribution is -2.22. The predicted molar refractivity (Wildman–Crippen MR) is 92.3 cm³/mol. The average Bonchev–Trinajstić information content (AvgIpc) is 2.48. The van der Waals surface area contributed by atoms with Gasteiger partial charge in [-0.15, -0.1) is 0 Å². The van der Waals surface area contributed by atoms with Crippen molar-refractivity contribution >= 4 is 31.7 Å². The first-order valence-corrected chi connectivity index (χ1v) is 9.08. The third kappa shape index (κ3) is 4.18. The Morgan fingerprint density at radius 1 is 1.05 bits per heavy atom. The third-order valence-electron chi connectivity index (χ3n) is 3.03. The van der Waals surface area contributed by atoms with Crippen molar-refractivity contribution < 1.29 is 8.42 Å². The first-order chi connectivity index (χ1) is 10.4. The van der Waals surface area contributed by atoms with E-state index in [1.54, 1.807) is 12.1 Å². The number of nitrogens with one attached hydrogen (secondary N) is 1. The molecule has 0 saturated carbocycles. The van der Waals surface area contributed by atoms with E-state index < -0.39 is 10.0 Å². The third-order valence-corrected chi connectivity index (χ3v) is 4.78. The number of nitrogens with zero attached hydrogens (tertiary/aromatic N) is 1. The van der Waals surface area contributed by atoms with Gasteiger partial charge in [-0.1, -0.05) is 60.1 Å². The minimum atomic E-state index is -3.67. The number of rotatable bonds is 5. The van der Waals surface area contributed by atoms with Crippen LogP contribution in [0.4, 0.5) is 0 Å². The van der Waals surface area contributed by atoms with Crippen molar-refractivity contribution in [2.24, 2.45) is 11.0 Å². The predicted octanol–water partition coefficient (Wildman–Crippen LogP) is 3.79. The SMILES string of the molecule is CC(C)C(=NNS(=O)(=O)c1ccc(Br)cc1)c1ccccc1. The number of hydrogen-bond acceptors (Lipinski definition) is 3. The molecule has 2 aromatic rings. The highest BCUT2D eigenvalue weighted by molar-refractivity contribution is 9.10. The smallest absolute Gasteiger partial charge is 0.200 e. The summed E-state index contributed by atoms with van der Waals surface area (Å²) in [6.45, 7) is 3.94. The lowest BCUT2D eigenvalue weighted by molar-refractivity contribution is 0.584. The fraction of sp³-hybridized carbons (Fsp3) is 0.188. The summed E-state index contributed by atoms with van der Waals surface area (Å²) in [5.74, 6) is 0.0926. The molecule has 0 aromatic heterocycles. The van der Waals surface area contributed by atoms with E-state index in [9.17, 15) is 8.42 Å². The zero-order chi connectivity index (χ0) is 16.2. The van der Waals surface area contributed by atoms with Gasteiger partial charge >= 0.3 is 0 Å². The number of hydrogen-bond donors (Lipinski definition) is 1. The highest BCUT2D eigenvalue weighted by Crippen LogP contribution is 2.15. The van der Waals surface area contributed by atoms with Crippen molar-refractivity contribution in [2.75, 3.05) is 0 Å². The van der Waals surface area contributed by atoms with E-state index in [0.29, 0.717) is 5.71 Å². The molecule has 0 atom stereocenters. The van der Waals surface area contributed by atoms with E-state index >= 15 is 0 Å². The summed E-state index contributed by atoms with van der Waals surface area (Å²) < 4.78 is 25.4. The summed E-state index contributed by atoms with van der Waals surface area (Å²) in [6, 6.07) is 15.9. The zero-order valence-corrected chi connectivity index (χ0v) is 14.7. The van der Waals surface area contributed by atoms with Gasteiger partial charge in [-0.25, -0.2) is 0 Å². The fourth-order valence-corrected chi connectivity index (χ4v) is 2.99. The summed E-state index contributed by atoms with van der Waals surface area (Å²) in [7, 11) is -3.67. The molecule has 6 heteroatoms. The van der Waals surface area contributed by atoms with Crippen LogP contribution in [0.3, 0.4) is 0 Å². The Labute approximate surface area is 139 Å². The molecule has 0 unspecified atom stereocenters. The van der Waals surface area contributed by atoms with Crippen LogP contribution in [0.2, 0.25) is 0 Å². The Morgan fingerprint density at radius 2 is 1.64 bits per heavy atom. The van der Waals surface area contributed by atoms with Gasteiger partial charge < -0.3 is 0 Å². The van der Waals surface area contributed by atoms with Crippen molar-refractivity contribution in [3.05, 3.63) is 64.6 Å². The Hall–Kier alpha value is -1.66. The molecule has 0 aliphatic carbocycles. The second-order valence-electron chi connectivity index (χ2n) is 5.07. The van der Waals surface area contributed by atoms with Gasteiger partial charge in [-0.3, -0.25) is 0 Å². The van der Waals surface area contributed by atoms with Gasteiger partial charge in [0.1, 0.15) is 0 Å². The molecule has 4 nitrogen and oxygen atoms in total. The first-order valence-electron chi connectivity index (χ1n) is 6.80. The zero-order valence-electron chi connectivity index (χ0n) is 12.3. The van der Waals surface area contributed by atoms with E-state index in [1.165, 1.54) is 12.1 Å². The van der Waals surface area contributed by atoms with Crippen molar-refractivity contribution in [3.8, 4) is 0 Å². The Bertz CT molecular complexity index is 754. The molecule has 116 valence electrons. The molecule has 0 radical (unpaired) electrons. The molecule has 0 spiro atoms. The minimum absolute atomic E-state index is 0.0926. The van der Waals surface area contributed by atoms with Crippen molar-refractivity contribution in [3.63, 3.8) is 0 Å². The largest absolute Gasteiger partial charge is 0.276 e. The normalized spacial score (nSPS) is 12.5. The van der Waals surface area contributed by atoms with Crippen LogP contribution in [-0.4, -0.2) is 14.1 Å². The van der Waals surface area contributed by atoms with Crippen LogP contribution < -0.4 is 4.83 Å². The maximum absolute atomic E-state index is 12.3. The van der Waals surface area contributed by atoms with Crippen molar-refractivity contribution in [2.45, 2.75) is 18.7 Å². The molecule has 0 heterocycles. The number of hydrazone groups is 1. The van der Waals surface area contributed by atoms with E-state index in [2.05, 4.69) is 25.9 Å².